The van der Waals surface area contributed by atoms with E-state index in [1.807, 2.05) is 47.5 Å². The van der Waals surface area contributed by atoms with Gasteiger partial charge in [0.1, 0.15) is 0 Å². The Morgan fingerprint density at radius 1 is 1.06 bits per heavy atom. The molecule has 7 heteroatoms. The number of carbonyl (C=O) groups is 1. The molecule has 4 aromatic rings. The minimum absolute atomic E-state index is 0.576. The first-order chi connectivity index (χ1) is 16.6. The number of hydrogen-bond acceptors (Lipinski definition) is 4. The van der Waals surface area contributed by atoms with Gasteiger partial charge in [-0.2, -0.15) is 0 Å². The van der Waals surface area contributed by atoms with Crippen LogP contribution >= 0.6 is 0 Å². The van der Waals surface area contributed by atoms with Gasteiger partial charge in [-0.3, -0.25) is 14.7 Å². The Morgan fingerprint density at radius 2 is 1.82 bits per heavy atom. The van der Waals surface area contributed by atoms with Gasteiger partial charge in [0.25, 0.3) is 0 Å². The molecular weight excluding hydrogens is 426 g/mol. The summed E-state index contributed by atoms with van der Waals surface area (Å²) in [7, 11) is 0. The van der Waals surface area contributed by atoms with Crippen molar-refractivity contribution in [2.45, 2.75) is 33.2 Å². The zero-order valence-electron chi connectivity index (χ0n) is 19.6. The van der Waals surface area contributed by atoms with Gasteiger partial charge in [0.15, 0.2) is 0 Å². The highest BCUT2D eigenvalue weighted by Gasteiger charge is 2.27. The summed E-state index contributed by atoms with van der Waals surface area (Å²) in [6.45, 7) is 6.32. The predicted molar refractivity (Wildman–Crippen MR) is 135 cm³/mol. The van der Waals surface area contributed by atoms with Crippen molar-refractivity contribution in [3.63, 3.8) is 0 Å². The lowest BCUT2D eigenvalue weighted by molar-refractivity contribution is 0.162. The molecule has 0 spiro atoms. The van der Waals surface area contributed by atoms with Gasteiger partial charge in [0, 0.05) is 43.6 Å². The number of pyridine rings is 1. The Hall–Kier alpha value is -3.84. The molecule has 34 heavy (non-hydrogen) atoms. The molecule has 2 aromatic carbocycles. The summed E-state index contributed by atoms with van der Waals surface area (Å²) >= 11 is 0. The Balaban J connectivity index is 1.53. The molecule has 0 saturated heterocycles. The average molecular weight is 456 g/mol. The van der Waals surface area contributed by atoms with Gasteiger partial charge >= 0.3 is 6.09 Å². The summed E-state index contributed by atoms with van der Waals surface area (Å²) in [5, 5.41) is 16.7. The maximum Gasteiger partial charge on any atom is 0.426 e. The Labute approximate surface area is 199 Å². The zero-order valence-corrected chi connectivity index (χ0v) is 19.6. The number of benzene rings is 2. The number of nitrogens with zero attached hydrogens (tertiary/aromatic N) is 5. The molecule has 7 nitrogen and oxygen atoms in total. The van der Waals surface area contributed by atoms with Crippen LogP contribution < -0.4 is 10.0 Å². The normalized spacial score (nSPS) is 13.6. The van der Waals surface area contributed by atoms with E-state index in [2.05, 4.69) is 46.8 Å². The monoisotopic (exact) mass is 455 g/mol. The lowest BCUT2D eigenvalue weighted by Crippen LogP contribution is -2.48. The van der Waals surface area contributed by atoms with Crippen molar-refractivity contribution < 1.29 is 9.90 Å². The van der Waals surface area contributed by atoms with Crippen LogP contribution in [0.15, 0.2) is 73.2 Å². The van der Waals surface area contributed by atoms with E-state index in [1.54, 1.807) is 12.4 Å². The number of aryl methyl sites for hydroxylation is 1. The Bertz CT molecular complexity index is 1320. The smallest absolute Gasteiger partial charge is 0.426 e. The van der Waals surface area contributed by atoms with Crippen molar-refractivity contribution in [2.75, 3.05) is 23.1 Å². The van der Waals surface area contributed by atoms with E-state index in [-0.39, 0.29) is 0 Å². The van der Waals surface area contributed by atoms with Crippen LogP contribution in [0.3, 0.4) is 0 Å². The van der Waals surface area contributed by atoms with E-state index in [0.29, 0.717) is 18.8 Å². The highest BCUT2D eigenvalue weighted by Crippen LogP contribution is 2.31. The van der Waals surface area contributed by atoms with Crippen LogP contribution in [0.4, 0.5) is 16.2 Å². The molecule has 0 unspecified atom stereocenters. The molecule has 0 atom stereocenters. The van der Waals surface area contributed by atoms with Gasteiger partial charge in [-0.05, 0) is 66.8 Å². The standard InChI is InChI=1S/C27H29N5O2/c1-3-15-30(23-10-13-28-14-11-23)31-18-20(2)25-17-24(8-9-26(25)31)32(27(33)34)29-16-12-21-6-4-5-7-22(21)19-29/h4-11,13-14,17-18H,3,12,15-16,19H2,1-2H3,(H,33,34). The Kier molecular flexibility index (Phi) is 5.94. The summed E-state index contributed by atoms with van der Waals surface area (Å²) in [6.07, 6.45) is 6.57. The van der Waals surface area contributed by atoms with Crippen LogP contribution in [0, 0.1) is 6.92 Å². The summed E-state index contributed by atoms with van der Waals surface area (Å²) < 4.78 is 2.16. The third-order valence-corrected chi connectivity index (χ3v) is 6.44. The summed E-state index contributed by atoms with van der Waals surface area (Å²) in [4.78, 5) is 16.5. The van der Waals surface area contributed by atoms with Gasteiger partial charge in [0.05, 0.1) is 16.9 Å². The van der Waals surface area contributed by atoms with E-state index < -0.39 is 6.09 Å². The Morgan fingerprint density at radius 3 is 2.56 bits per heavy atom. The number of carboxylic acid groups (broad SMARTS) is 1. The number of aromatic nitrogens is 2. The molecule has 5 rings (SSSR count). The average Bonchev–Trinajstić information content (AvgIpc) is 3.18. The maximum absolute atomic E-state index is 12.4. The van der Waals surface area contributed by atoms with Crippen LogP contribution in [0.5, 0.6) is 0 Å². The molecule has 0 radical (unpaired) electrons. The fourth-order valence-corrected chi connectivity index (χ4v) is 4.83. The third kappa shape index (κ3) is 3.99. The first-order valence-corrected chi connectivity index (χ1v) is 11.7. The van der Waals surface area contributed by atoms with Crippen molar-refractivity contribution >= 4 is 28.4 Å². The fourth-order valence-electron chi connectivity index (χ4n) is 4.83. The first kappa shape index (κ1) is 22.0. The molecule has 0 aliphatic carbocycles. The summed E-state index contributed by atoms with van der Waals surface area (Å²) in [5.41, 5.74) is 6.33. The largest absolute Gasteiger partial charge is 0.464 e. The SMILES string of the molecule is CCCN(c1ccncc1)n1cc(C)c2cc(N(C(=O)O)N3CCc4ccccc4C3)ccc21. The van der Waals surface area contributed by atoms with Crippen LogP contribution in [0.1, 0.15) is 30.0 Å². The molecule has 1 amide bonds. The van der Waals surface area contributed by atoms with Crippen LogP contribution in [0.2, 0.25) is 0 Å². The quantitative estimate of drug-likeness (QED) is 0.417. The van der Waals surface area contributed by atoms with E-state index in [0.717, 1.165) is 41.5 Å². The van der Waals surface area contributed by atoms with Crippen molar-refractivity contribution in [3.8, 4) is 0 Å². The summed E-state index contributed by atoms with van der Waals surface area (Å²) in [6, 6.07) is 18.2. The fraction of sp³-hybridized carbons (Fsp3) is 0.259. The topological polar surface area (TPSA) is 64.8 Å². The van der Waals surface area contributed by atoms with E-state index in [4.69, 9.17) is 0 Å². The lowest BCUT2D eigenvalue weighted by atomic mass is 10.0. The molecule has 0 bridgehead atoms. The van der Waals surface area contributed by atoms with Gasteiger partial charge in [0.2, 0.25) is 0 Å². The number of hydrazine groups is 1. The van der Waals surface area contributed by atoms with Gasteiger partial charge < -0.3 is 5.11 Å². The van der Waals surface area contributed by atoms with E-state index in [1.165, 1.54) is 16.1 Å². The van der Waals surface area contributed by atoms with Gasteiger partial charge in [-0.15, -0.1) is 0 Å². The second kappa shape index (κ2) is 9.19. The maximum atomic E-state index is 12.4. The molecular formula is C27H29N5O2. The van der Waals surface area contributed by atoms with E-state index in [9.17, 15) is 9.90 Å². The van der Waals surface area contributed by atoms with E-state index >= 15 is 0 Å². The minimum Gasteiger partial charge on any atom is -0.464 e. The molecule has 0 fully saturated rings. The van der Waals surface area contributed by atoms with Crippen LogP contribution in [-0.2, 0) is 13.0 Å². The lowest BCUT2D eigenvalue weighted by Gasteiger charge is -2.36. The molecule has 1 aliphatic rings. The zero-order chi connectivity index (χ0) is 23.7. The van der Waals surface area contributed by atoms with Gasteiger partial charge in [-0.1, -0.05) is 31.2 Å². The molecule has 1 N–H and O–H groups in total. The van der Waals surface area contributed by atoms with Crippen molar-refractivity contribution in [1.29, 1.82) is 0 Å². The first-order valence-electron chi connectivity index (χ1n) is 11.7. The predicted octanol–water partition coefficient (Wildman–Crippen LogP) is 5.48. The molecule has 1 aliphatic heterocycles. The van der Waals surface area contributed by atoms with Crippen molar-refractivity contribution in [2.24, 2.45) is 0 Å². The van der Waals surface area contributed by atoms with Crippen LogP contribution in [-0.4, -0.2) is 39.0 Å². The highest BCUT2D eigenvalue weighted by molar-refractivity contribution is 5.92. The number of anilines is 2. The van der Waals surface area contributed by atoms with Crippen molar-refractivity contribution in [1.82, 2.24) is 14.7 Å². The van der Waals surface area contributed by atoms with Crippen molar-refractivity contribution in [3.05, 3.63) is 89.9 Å². The highest BCUT2D eigenvalue weighted by atomic mass is 16.4. The molecule has 174 valence electrons. The second-order valence-corrected chi connectivity index (χ2v) is 8.69. The molecule has 3 heterocycles. The number of fused-ring (bicyclic) bond motifs is 2. The minimum atomic E-state index is -0.972. The van der Waals surface area contributed by atoms with Gasteiger partial charge in [-0.25, -0.2) is 14.8 Å². The number of amides is 1. The second-order valence-electron chi connectivity index (χ2n) is 8.69. The number of hydrogen-bond donors (Lipinski definition) is 1. The number of rotatable bonds is 6. The molecule has 2 aromatic heterocycles. The third-order valence-electron chi connectivity index (χ3n) is 6.44. The summed E-state index contributed by atoms with van der Waals surface area (Å²) in [5.74, 6) is 0. The molecule has 0 saturated carbocycles. The van der Waals surface area contributed by atoms with Crippen LogP contribution in [0.25, 0.3) is 10.9 Å².